The number of methoxy groups -OCH3 is 1. The van der Waals surface area contributed by atoms with Crippen LogP contribution in [0.4, 0.5) is 0 Å². The quantitative estimate of drug-likeness (QED) is 0.800. The van der Waals surface area contributed by atoms with Gasteiger partial charge in [-0.2, -0.15) is 0 Å². The van der Waals surface area contributed by atoms with E-state index in [4.69, 9.17) is 4.74 Å². The first-order valence-electron chi connectivity index (χ1n) is 8.31. The third-order valence-electron chi connectivity index (χ3n) is 4.32. The third-order valence-corrected chi connectivity index (χ3v) is 4.32. The van der Waals surface area contributed by atoms with E-state index in [-0.39, 0.29) is 11.9 Å². The molecule has 0 saturated carbocycles. The summed E-state index contributed by atoms with van der Waals surface area (Å²) in [5.74, 6) is -0.107. The average Bonchev–Trinajstić information content (AvgIpc) is 2.61. The molecule has 1 fully saturated rings. The normalized spacial score (nSPS) is 16.7. The van der Waals surface area contributed by atoms with Crippen LogP contribution in [0.5, 0.6) is 0 Å². The highest BCUT2D eigenvalue weighted by Gasteiger charge is 2.24. The molecule has 1 heterocycles. The lowest BCUT2D eigenvalue weighted by Gasteiger charge is -2.36. The van der Waals surface area contributed by atoms with Crippen LogP contribution in [0.3, 0.4) is 0 Å². The molecule has 0 aliphatic carbocycles. The van der Waals surface area contributed by atoms with Crippen LogP contribution in [0.2, 0.25) is 0 Å². The zero-order valence-corrected chi connectivity index (χ0v) is 14.6. The fourth-order valence-electron chi connectivity index (χ4n) is 2.87. The van der Waals surface area contributed by atoms with Crippen LogP contribution in [-0.4, -0.2) is 62.8 Å². The molecule has 6 nitrogen and oxygen atoms in total. The third kappa shape index (κ3) is 4.79. The van der Waals surface area contributed by atoms with E-state index in [9.17, 15) is 9.59 Å². The van der Waals surface area contributed by atoms with E-state index < -0.39 is 5.97 Å². The highest BCUT2D eigenvalue weighted by molar-refractivity contribution is 5.96. The van der Waals surface area contributed by atoms with Gasteiger partial charge in [-0.25, -0.2) is 4.79 Å². The number of morpholine rings is 1. The number of nitrogens with one attached hydrogen (secondary N) is 1. The zero-order valence-electron chi connectivity index (χ0n) is 14.6. The van der Waals surface area contributed by atoms with Gasteiger partial charge < -0.3 is 14.8 Å². The van der Waals surface area contributed by atoms with Gasteiger partial charge in [-0.1, -0.05) is 13.8 Å². The Bertz CT molecular complexity index is 551. The average molecular weight is 334 g/mol. The summed E-state index contributed by atoms with van der Waals surface area (Å²) in [6.45, 7) is 8.20. The summed E-state index contributed by atoms with van der Waals surface area (Å²) in [7, 11) is 1.33. The smallest absolute Gasteiger partial charge is 0.337 e. The van der Waals surface area contributed by atoms with Crippen molar-refractivity contribution in [3.8, 4) is 0 Å². The molecule has 1 unspecified atom stereocenters. The molecule has 1 aliphatic rings. The minimum atomic E-state index is -0.408. The molecule has 1 amide bonds. The molecule has 1 aromatic rings. The number of amides is 1. The van der Waals surface area contributed by atoms with Gasteiger partial charge in [0.1, 0.15) is 0 Å². The van der Waals surface area contributed by atoms with Crippen molar-refractivity contribution in [1.29, 1.82) is 0 Å². The van der Waals surface area contributed by atoms with Gasteiger partial charge >= 0.3 is 5.97 Å². The lowest BCUT2D eigenvalue weighted by molar-refractivity contribution is 0.00672. The molecule has 0 radical (unpaired) electrons. The summed E-state index contributed by atoms with van der Waals surface area (Å²) in [5.41, 5.74) is 0.967. The molecule has 1 aliphatic heterocycles. The summed E-state index contributed by atoms with van der Waals surface area (Å²) in [6, 6.07) is 6.76. The van der Waals surface area contributed by atoms with Crippen molar-refractivity contribution < 1.29 is 19.1 Å². The van der Waals surface area contributed by atoms with Crippen molar-refractivity contribution in [3.63, 3.8) is 0 Å². The van der Waals surface area contributed by atoms with Gasteiger partial charge in [-0.15, -0.1) is 0 Å². The molecule has 1 aromatic carbocycles. The van der Waals surface area contributed by atoms with E-state index in [1.54, 1.807) is 24.3 Å². The maximum absolute atomic E-state index is 12.3. The van der Waals surface area contributed by atoms with Crippen molar-refractivity contribution in [2.45, 2.75) is 19.9 Å². The molecule has 0 spiro atoms. The molecule has 1 saturated heterocycles. The number of benzene rings is 1. The molecule has 1 N–H and O–H groups in total. The molecule has 6 heteroatoms. The van der Waals surface area contributed by atoms with Gasteiger partial charge in [0.15, 0.2) is 0 Å². The van der Waals surface area contributed by atoms with Crippen LogP contribution in [0.15, 0.2) is 24.3 Å². The molecule has 1 atom stereocenters. The first-order valence-corrected chi connectivity index (χ1v) is 8.31. The number of carbonyl (C=O) groups is 2. The van der Waals surface area contributed by atoms with Crippen LogP contribution < -0.4 is 5.32 Å². The highest BCUT2D eigenvalue weighted by atomic mass is 16.5. The highest BCUT2D eigenvalue weighted by Crippen LogP contribution is 2.13. The van der Waals surface area contributed by atoms with Gasteiger partial charge in [0.2, 0.25) is 0 Å². The summed E-state index contributed by atoms with van der Waals surface area (Å²) < 4.78 is 10.1. The van der Waals surface area contributed by atoms with Crippen LogP contribution in [0, 0.1) is 5.92 Å². The fourth-order valence-corrected chi connectivity index (χ4v) is 2.87. The number of nitrogens with zero attached hydrogens (tertiary/aromatic N) is 1. The molecular weight excluding hydrogens is 308 g/mol. The summed E-state index contributed by atoms with van der Waals surface area (Å²) in [4.78, 5) is 26.1. The summed E-state index contributed by atoms with van der Waals surface area (Å²) >= 11 is 0. The number of carbonyl (C=O) groups excluding carboxylic acids is 2. The second kappa shape index (κ2) is 8.80. The Kier molecular flexibility index (Phi) is 6.75. The van der Waals surface area contributed by atoms with Crippen molar-refractivity contribution in [2.24, 2.45) is 5.92 Å². The minimum absolute atomic E-state index is 0.134. The van der Waals surface area contributed by atoms with E-state index in [2.05, 4.69) is 28.8 Å². The Morgan fingerprint density at radius 1 is 1.17 bits per heavy atom. The lowest BCUT2D eigenvalue weighted by atomic mass is 10.0. The maximum atomic E-state index is 12.3. The molecule has 2 rings (SSSR count). The van der Waals surface area contributed by atoms with Crippen molar-refractivity contribution >= 4 is 11.9 Å². The van der Waals surface area contributed by atoms with Gasteiger partial charge in [0.25, 0.3) is 5.91 Å². The van der Waals surface area contributed by atoms with Gasteiger partial charge in [-0.3, -0.25) is 9.69 Å². The first kappa shape index (κ1) is 18.4. The second-order valence-corrected chi connectivity index (χ2v) is 6.24. The van der Waals surface area contributed by atoms with Crippen molar-refractivity contribution in [3.05, 3.63) is 35.4 Å². The standard InChI is InChI=1S/C18H26N2O4/c1-13(2)16(20-8-10-24-11-9-20)12-19-17(21)14-4-6-15(7-5-14)18(22)23-3/h4-7,13,16H,8-12H2,1-3H3,(H,19,21). The van der Waals surface area contributed by atoms with Gasteiger partial charge in [0.05, 0.1) is 25.9 Å². The molecule has 132 valence electrons. The van der Waals surface area contributed by atoms with Crippen molar-refractivity contribution in [2.75, 3.05) is 40.0 Å². The van der Waals surface area contributed by atoms with E-state index in [1.807, 2.05) is 0 Å². The van der Waals surface area contributed by atoms with E-state index >= 15 is 0 Å². The topological polar surface area (TPSA) is 67.9 Å². The zero-order chi connectivity index (χ0) is 17.5. The molecule has 24 heavy (non-hydrogen) atoms. The Morgan fingerprint density at radius 2 is 1.75 bits per heavy atom. The monoisotopic (exact) mass is 334 g/mol. The second-order valence-electron chi connectivity index (χ2n) is 6.24. The SMILES string of the molecule is COC(=O)c1ccc(C(=O)NCC(C(C)C)N2CCOCC2)cc1. The van der Waals surface area contributed by atoms with Gasteiger partial charge in [-0.05, 0) is 30.2 Å². The number of esters is 1. The molecular formula is C18H26N2O4. The number of rotatable bonds is 6. The Balaban J connectivity index is 1.93. The van der Waals surface area contributed by atoms with Crippen LogP contribution >= 0.6 is 0 Å². The maximum Gasteiger partial charge on any atom is 0.337 e. The van der Waals surface area contributed by atoms with Crippen LogP contribution in [0.1, 0.15) is 34.6 Å². The minimum Gasteiger partial charge on any atom is -0.465 e. The van der Waals surface area contributed by atoms with E-state index in [1.165, 1.54) is 7.11 Å². The Labute approximate surface area is 143 Å². The Hall–Kier alpha value is -1.92. The Morgan fingerprint density at radius 3 is 2.29 bits per heavy atom. The molecule has 0 bridgehead atoms. The predicted octanol–water partition coefficient (Wildman–Crippen LogP) is 1.56. The number of hydrogen-bond donors (Lipinski definition) is 1. The summed E-state index contributed by atoms with van der Waals surface area (Å²) in [6.07, 6.45) is 0. The largest absolute Gasteiger partial charge is 0.465 e. The fraction of sp³-hybridized carbons (Fsp3) is 0.556. The van der Waals surface area contributed by atoms with E-state index in [0.717, 1.165) is 26.3 Å². The number of hydrogen-bond acceptors (Lipinski definition) is 5. The summed E-state index contributed by atoms with van der Waals surface area (Å²) in [5, 5.41) is 3.00. The van der Waals surface area contributed by atoms with Gasteiger partial charge in [0, 0.05) is 31.2 Å². The number of ether oxygens (including phenoxy) is 2. The van der Waals surface area contributed by atoms with Crippen molar-refractivity contribution in [1.82, 2.24) is 10.2 Å². The van der Waals surface area contributed by atoms with E-state index in [0.29, 0.717) is 23.6 Å². The van der Waals surface area contributed by atoms with Crippen LogP contribution in [0.25, 0.3) is 0 Å². The van der Waals surface area contributed by atoms with Crippen LogP contribution in [-0.2, 0) is 9.47 Å². The predicted molar refractivity (Wildman–Crippen MR) is 91.1 cm³/mol. The lowest BCUT2D eigenvalue weighted by Crippen LogP contribution is -2.51. The molecule has 0 aromatic heterocycles. The first-order chi connectivity index (χ1) is 11.5.